The van der Waals surface area contributed by atoms with E-state index in [0.29, 0.717) is 13.2 Å². The molecule has 0 atom stereocenters. The van der Waals surface area contributed by atoms with Crippen LogP contribution in [-0.4, -0.2) is 32.8 Å². The Morgan fingerprint density at radius 2 is 1.78 bits per heavy atom. The topological polar surface area (TPSA) is 54.9 Å². The van der Waals surface area contributed by atoms with Crippen LogP contribution in [0.25, 0.3) is 0 Å². The molecule has 2 aromatic rings. The van der Waals surface area contributed by atoms with E-state index in [1.54, 1.807) is 7.11 Å². The van der Waals surface area contributed by atoms with Crippen molar-refractivity contribution < 1.29 is 9.47 Å². The monoisotopic (exact) mass is 483 g/mol. The van der Waals surface area contributed by atoms with Crippen molar-refractivity contribution in [2.75, 3.05) is 26.8 Å². The maximum absolute atomic E-state index is 5.89. The molecule has 27 heavy (non-hydrogen) atoms. The number of hydrogen-bond acceptors (Lipinski definition) is 3. The van der Waals surface area contributed by atoms with E-state index >= 15 is 0 Å². The number of methoxy groups -OCH3 is 1. The second-order valence-electron chi connectivity index (χ2n) is 5.89. The SMILES string of the molecule is CCNC(=NCc1cccc(OCc2ccccc2)c1)NCCCOC.I. The molecule has 0 radical (unpaired) electrons. The molecule has 0 bridgehead atoms. The first kappa shape index (κ1) is 23.2. The number of benzene rings is 2. The summed E-state index contributed by atoms with van der Waals surface area (Å²) in [5.41, 5.74) is 2.27. The molecule has 0 saturated heterocycles. The largest absolute Gasteiger partial charge is 0.489 e. The molecule has 0 amide bonds. The van der Waals surface area contributed by atoms with Gasteiger partial charge in [-0.25, -0.2) is 4.99 Å². The molecule has 0 spiro atoms. The molecule has 2 N–H and O–H groups in total. The van der Waals surface area contributed by atoms with Crippen molar-refractivity contribution in [1.29, 1.82) is 0 Å². The first-order valence-electron chi connectivity index (χ1n) is 9.08. The molecule has 2 rings (SSSR count). The van der Waals surface area contributed by atoms with E-state index in [1.165, 1.54) is 0 Å². The second kappa shape index (κ2) is 14.3. The van der Waals surface area contributed by atoms with Gasteiger partial charge in [-0.1, -0.05) is 42.5 Å². The van der Waals surface area contributed by atoms with Crippen molar-refractivity contribution in [2.24, 2.45) is 4.99 Å². The summed E-state index contributed by atoms with van der Waals surface area (Å²) in [6, 6.07) is 18.3. The van der Waals surface area contributed by atoms with Gasteiger partial charge in [-0.2, -0.15) is 0 Å². The van der Waals surface area contributed by atoms with Gasteiger partial charge < -0.3 is 20.1 Å². The van der Waals surface area contributed by atoms with Crippen molar-refractivity contribution in [3.63, 3.8) is 0 Å². The summed E-state index contributed by atoms with van der Waals surface area (Å²) < 4.78 is 11.0. The lowest BCUT2D eigenvalue weighted by atomic mass is 10.2. The third kappa shape index (κ3) is 9.63. The molecule has 0 fully saturated rings. The Morgan fingerprint density at radius 1 is 1.00 bits per heavy atom. The van der Waals surface area contributed by atoms with E-state index < -0.39 is 0 Å². The normalized spacial score (nSPS) is 10.8. The number of aliphatic imine (C=N–C) groups is 1. The second-order valence-corrected chi connectivity index (χ2v) is 5.89. The number of nitrogens with zero attached hydrogens (tertiary/aromatic N) is 1. The van der Waals surface area contributed by atoms with Gasteiger partial charge in [0.05, 0.1) is 6.54 Å². The van der Waals surface area contributed by atoms with Gasteiger partial charge in [-0.15, -0.1) is 24.0 Å². The predicted octanol–water partition coefficient (Wildman–Crippen LogP) is 3.98. The van der Waals surface area contributed by atoms with Gasteiger partial charge in [-0.3, -0.25) is 0 Å². The molecular formula is C21H30IN3O2. The Kier molecular flexibility index (Phi) is 12.3. The van der Waals surface area contributed by atoms with Crippen LogP contribution in [0.4, 0.5) is 0 Å². The summed E-state index contributed by atoms with van der Waals surface area (Å²) in [5.74, 6) is 1.68. The lowest BCUT2D eigenvalue weighted by molar-refractivity contribution is 0.195. The fourth-order valence-corrected chi connectivity index (χ4v) is 2.41. The highest BCUT2D eigenvalue weighted by Gasteiger charge is 2.00. The van der Waals surface area contributed by atoms with E-state index in [1.807, 2.05) is 36.4 Å². The molecule has 0 heterocycles. The zero-order valence-corrected chi connectivity index (χ0v) is 18.4. The van der Waals surface area contributed by atoms with E-state index in [4.69, 9.17) is 9.47 Å². The number of guanidine groups is 1. The number of nitrogens with one attached hydrogen (secondary N) is 2. The Hall–Kier alpha value is -1.80. The van der Waals surface area contributed by atoms with Crippen LogP contribution < -0.4 is 15.4 Å². The van der Waals surface area contributed by atoms with Gasteiger partial charge in [-0.05, 0) is 36.6 Å². The van der Waals surface area contributed by atoms with Crippen LogP contribution >= 0.6 is 24.0 Å². The van der Waals surface area contributed by atoms with Gasteiger partial charge in [0.2, 0.25) is 0 Å². The van der Waals surface area contributed by atoms with Crippen LogP contribution in [0.5, 0.6) is 5.75 Å². The summed E-state index contributed by atoms with van der Waals surface area (Å²) in [6.07, 6.45) is 0.948. The summed E-state index contributed by atoms with van der Waals surface area (Å²) in [4.78, 5) is 4.64. The lowest BCUT2D eigenvalue weighted by Gasteiger charge is -2.11. The maximum atomic E-state index is 5.89. The highest BCUT2D eigenvalue weighted by molar-refractivity contribution is 14.0. The van der Waals surface area contributed by atoms with E-state index in [-0.39, 0.29) is 24.0 Å². The van der Waals surface area contributed by atoms with Crippen molar-refractivity contribution >= 4 is 29.9 Å². The van der Waals surface area contributed by atoms with Crippen LogP contribution in [-0.2, 0) is 17.9 Å². The summed E-state index contributed by atoms with van der Waals surface area (Å²) >= 11 is 0. The molecule has 2 aromatic carbocycles. The molecule has 0 aliphatic carbocycles. The average molecular weight is 483 g/mol. The Morgan fingerprint density at radius 3 is 2.52 bits per heavy atom. The van der Waals surface area contributed by atoms with Gasteiger partial charge in [0.25, 0.3) is 0 Å². The first-order valence-corrected chi connectivity index (χ1v) is 9.08. The van der Waals surface area contributed by atoms with Gasteiger partial charge in [0.1, 0.15) is 12.4 Å². The van der Waals surface area contributed by atoms with E-state index in [9.17, 15) is 0 Å². The minimum atomic E-state index is 0. The van der Waals surface area contributed by atoms with Crippen molar-refractivity contribution in [3.05, 3.63) is 65.7 Å². The van der Waals surface area contributed by atoms with Crippen molar-refractivity contribution in [1.82, 2.24) is 10.6 Å². The number of hydrogen-bond donors (Lipinski definition) is 2. The standard InChI is InChI=1S/C21H29N3O2.HI/c1-3-22-21(23-13-8-14-25-2)24-16-19-11-7-12-20(15-19)26-17-18-9-5-4-6-10-18;/h4-7,9-12,15H,3,8,13-14,16-17H2,1-2H3,(H2,22,23,24);1H. The van der Waals surface area contributed by atoms with Crippen LogP contribution in [0, 0.1) is 0 Å². The Balaban J connectivity index is 0.00000364. The highest BCUT2D eigenvalue weighted by atomic mass is 127. The third-order valence-corrected chi connectivity index (χ3v) is 3.73. The number of rotatable bonds is 10. The third-order valence-electron chi connectivity index (χ3n) is 3.73. The fraction of sp³-hybridized carbons (Fsp3) is 0.381. The Bertz CT molecular complexity index is 665. The smallest absolute Gasteiger partial charge is 0.191 e. The predicted molar refractivity (Wildman–Crippen MR) is 122 cm³/mol. The fourth-order valence-electron chi connectivity index (χ4n) is 2.41. The molecule has 0 unspecified atom stereocenters. The van der Waals surface area contributed by atoms with E-state index in [0.717, 1.165) is 49.0 Å². The lowest BCUT2D eigenvalue weighted by Crippen LogP contribution is -2.38. The molecule has 0 saturated carbocycles. The zero-order chi connectivity index (χ0) is 18.5. The van der Waals surface area contributed by atoms with Crippen LogP contribution in [0.2, 0.25) is 0 Å². The molecular weight excluding hydrogens is 453 g/mol. The molecule has 0 aliphatic heterocycles. The molecule has 0 aliphatic rings. The quantitative estimate of drug-likeness (QED) is 0.233. The average Bonchev–Trinajstić information content (AvgIpc) is 2.69. The first-order chi connectivity index (χ1) is 12.8. The van der Waals surface area contributed by atoms with Gasteiger partial charge in [0.15, 0.2) is 5.96 Å². The molecule has 0 aromatic heterocycles. The summed E-state index contributed by atoms with van der Waals surface area (Å²) in [6.45, 7) is 5.63. The van der Waals surface area contributed by atoms with Crippen LogP contribution in [0.15, 0.2) is 59.6 Å². The summed E-state index contributed by atoms with van der Waals surface area (Å²) in [5, 5.41) is 6.57. The number of halogens is 1. The number of ether oxygens (including phenoxy) is 2. The molecule has 5 nitrogen and oxygen atoms in total. The minimum Gasteiger partial charge on any atom is -0.489 e. The minimum absolute atomic E-state index is 0. The molecule has 148 valence electrons. The Labute approximate surface area is 179 Å². The highest BCUT2D eigenvalue weighted by Crippen LogP contribution is 2.16. The van der Waals surface area contributed by atoms with Crippen LogP contribution in [0.3, 0.4) is 0 Å². The molecule has 6 heteroatoms. The van der Waals surface area contributed by atoms with Gasteiger partial charge in [0, 0.05) is 26.8 Å². The summed E-state index contributed by atoms with van der Waals surface area (Å²) in [7, 11) is 1.71. The van der Waals surface area contributed by atoms with Crippen molar-refractivity contribution in [3.8, 4) is 5.75 Å². The van der Waals surface area contributed by atoms with Gasteiger partial charge >= 0.3 is 0 Å². The van der Waals surface area contributed by atoms with Crippen LogP contribution in [0.1, 0.15) is 24.5 Å². The maximum Gasteiger partial charge on any atom is 0.191 e. The van der Waals surface area contributed by atoms with E-state index in [2.05, 4.69) is 40.7 Å². The zero-order valence-electron chi connectivity index (χ0n) is 16.1. The van der Waals surface area contributed by atoms with Crippen molar-refractivity contribution in [2.45, 2.75) is 26.5 Å².